The average Bonchev–Trinajstić information content (AvgIpc) is 2.23. The van der Waals surface area contributed by atoms with Gasteiger partial charge in [-0.25, -0.2) is 0 Å². The number of rotatable bonds is 2. The van der Waals surface area contributed by atoms with Crippen molar-refractivity contribution in [3.8, 4) is 0 Å². The third kappa shape index (κ3) is 0.857. The minimum Gasteiger partial charge on any atom is -0.369 e. The lowest BCUT2D eigenvalue weighted by Gasteiger charge is -2.45. The van der Waals surface area contributed by atoms with E-state index < -0.39 is 5.41 Å². The smallest absolute Gasteiger partial charge is 0.224 e. The fraction of sp³-hybridized carbons (Fsp3) is 0.778. The van der Waals surface area contributed by atoms with Crippen LogP contribution in [0.4, 0.5) is 0 Å². The van der Waals surface area contributed by atoms with Crippen molar-refractivity contribution in [1.29, 1.82) is 0 Å². The molecule has 2 aliphatic rings. The molecule has 4 N–H and O–H groups in total. The summed E-state index contributed by atoms with van der Waals surface area (Å²) in [6.45, 7) is 0. The lowest BCUT2D eigenvalue weighted by molar-refractivity contribution is -0.146. The molecule has 0 spiro atoms. The molecule has 4 heteroatoms. The molecule has 0 aromatic heterocycles. The van der Waals surface area contributed by atoms with Crippen LogP contribution in [0.15, 0.2) is 0 Å². The zero-order valence-corrected chi connectivity index (χ0v) is 7.45. The van der Waals surface area contributed by atoms with E-state index in [1.807, 2.05) is 0 Å². The van der Waals surface area contributed by atoms with E-state index in [9.17, 15) is 9.59 Å². The minimum absolute atomic E-state index is 0.302. The van der Waals surface area contributed by atoms with Crippen molar-refractivity contribution in [3.05, 3.63) is 0 Å². The highest BCUT2D eigenvalue weighted by Gasteiger charge is 2.61. The van der Waals surface area contributed by atoms with E-state index in [1.54, 1.807) is 0 Å². The summed E-state index contributed by atoms with van der Waals surface area (Å²) in [4.78, 5) is 22.4. The van der Waals surface area contributed by atoms with Gasteiger partial charge in [0.25, 0.3) is 0 Å². The van der Waals surface area contributed by atoms with Crippen LogP contribution in [0.25, 0.3) is 0 Å². The van der Waals surface area contributed by atoms with Crippen LogP contribution in [-0.2, 0) is 9.59 Å². The quantitative estimate of drug-likeness (QED) is 0.617. The number of hydrogen-bond donors (Lipinski definition) is 2. The Morgan fingerprint density at radius 2 is 1.85 bits per heavy atom. The second kappa shape index (κ2) is 2.47. The Hall–Kier alpha value is -1.06. The van der Waals surface area contributed by atoms with Crippen LogP contribution in [0.1, 0.15) is 25.7 Å². The van der Waals surface area contributed by atoms with Gasteiger partial charge in [-0.3, -0.25) is 9.59 Å². The topological polar surface area (TPSA) is 86.2 Å². The molecule has 0 heterocycles. The number of carbonyl (C=O) groups excluding carboxylic acids is 2. The van der Waals surface area contributed by atoms with Crippen LogP contribution in [-0.4, -0.2) is 11.8 Å². The molecule has 3 atom stereocenters. The molecular weight excluding hydrogens is 168 g/mol. The Labute approximate surface area is 76.6 Å². The van der Waals surface area contributed by atoms with Gasteiger partial charge in [-0.15, -0.1) is 0 Å². The van der Waals surface area contributed by atoms with Crippen molar-refractivity contribution in [1.82, 2.24) is 0 Å². The zero-order chi connectivity index (χ0) is 9.64. The maximum atomic E-state index is 11.3. The van der Waals surface area contributed by atoms with Crippen LogP contribution >= 0.6 is 0 Å². The summed E-state index contributed by atoms with van der Waals surface area (Å²) in [5.41, 5.74) is 10.1. The molecule has 2 rings (SSSR count). The molecule has 72 valence electrons. The summed E-state index contributed by atoms with van der Waals surface area (Å²) in [5.74, 6) is -0.669. The Kier molecular flexibility index (Phi) is 1.62. The molecule has 0 bridgehead atoms. The van der Waals surface area contributed by atoms with E-state index in [0.29, 0.717) is 5.92 Å². The lowest BCUT2D eigenvalue weighted by atomic mass is 9.58. The lowest BCUT2D eigenvalue weighted by Crippen LogP contribution is -2.54. The maximum Gasteiger partial charge on any atom is 0.224 e. The molecule has 2 saturated carbocycles. The van der Waals surface area contributed by atoms with Crippen molar-refractivity contribution in [2.75, 3.05) is 0 Å². The van der Waals surface area contributed by atoms with Crippen LogP contribution < -0.4 is 11.5 Å². The third-order valence-corrected chi connectivity index (χ3v) is 3.86. The molecule has 0 saturated heterocycles. The number of nitrogens with two attached hydrogens (primary N) is 2. The molecule has 4 nitrogen and oxygen atoms in total. The summed E-state index contributed by atoms with van der Waals surface area (Å²) in [6.07, 6.45) is 3.44. The van der Waals surface area contributed by atoms with Crippen LogP contribution in [0.5, 0.6) is 0 Å². The van der Waals surface area contributed by atoms with E-state index >= 15 is 0 Å². The number of carbonyl (C=O) groups is 2. The van der Waals surface area contributed by atoms with E-state index in [2.05, 4.69) is 0 Å². The predicted octanol–water partition coefficient (Wildman–Crippen LogP) is -0.237. The molecule has 13 heavy (non-hydrogen) atoms. The van der Waals surface area contributed by atoms with Crippen molar-refractivity contribution in [2.24, 2.45) is 28.7 Å². The normalized spacial score (nSPS) is 42.2. The fourth-order valence-corrected chi connectivity index (χ4v) is 3.04. The number of primary amides is 2. The first-order chi connectivity index (χ1) is 6.09. The van der Waals surface area contributed by atoms with Crippen molar-refractivity contribution in [2.45, 2.75) is 25.7 Å². The predicted molar refractivity (Wildman–Crippen MR) is 46.3 cm³/mol. The van der Waals surface area contributed by atoms with Crippen LogP contribution in [0, 0.1) is 17.3 Å². The molecule has 2 aliphatic carbocycles. The number of hydrogen-bond acceptors (Lipinski definition) is 2. The van der Waals surface area contributed by atoms with Gasteiger partial charge in [0.2, 0.25) is 11.8 Å². The second-order valence-corrected chi connectivity index (χ2v) is 4.17. The molecular formula is C9H14N2O2. The summed E-state index contributed by atoms with van der Waals surface area (Å²) < 4.78 is 0. The molecule has 0 radical (unpaired) electrons. The zero-order valence-electron chi connectivity index (χ0n) is 7.45. The Bertz CT molecular complexity index is 277. The molecule has 2 amide bonds. The van der Waals surface area contributed by atoms with Crippen LogP contribution in [0.3, 0.4) is 0 Å². The van der Waals surface area contributed by atoms with Crippen molar-refractivity contribution < 1.29 is 9.59 Å². The Morgan fingerprint density at radius 3 is 2.15 bits per heavy atom. The Balaban J connectivity index is 2.31. The van der Waals surface area contributed by atoms with Gasteiger partial charge in [-0.1, -0.05) is 0 Å². The van der Waals surface area contributed by atoms with E-state index in [-0.39, 0.29) is 17.7 Å². The number of fused-ring (bicyclic) bond motifs is 1. The van der Waals surface area contributed by atoms with Crippen molar-refractivity contribution in [3.63, 3.8) is 0 Å². The largest absolute Gasteiger partial charge is 0.369 e. The van der Waals surface area contributed by atoms with Gasteiger partial charge in [-0.2, -0.15) is 0 Å². The molecule has 3 unspecified atom stereocenters. The monoisotopic (exact) mass is 182 g/mol. The number of amides is 2. The first-order valence-electron chi connectivity index (χ1n) is 4.68. The van der Waals surface area contributed by atoms with Gasteiger partial charge in [0.1, 0.15) is 0 Å². The van der Waals surface area contributed by atoms with Gasteiger partial charge in [0.05, 0.1) is 11.3 Å². The molecule has 0 aromatic carbocycles. The second-order valence-electron chi connectivity index (χ2n) is 4.17. The Morgan fingerprint density at radius 1 is 1.15 bits per heavy atom. The van der Waals surface area contributed by atoms with Gasteiger partial charge in [0, 0.05) is 0 Å². The van der Waals surface area contributed by atoms with E-state index in [0.717, 1.165) is 25.7 Å². The summed E-state index contributed by atoms with van der Waals surface area (Å²) >= 11 is 0. The highest BCUT2D eigenvalue weighted by atomic mass is 16.2. The minimum atomic E-state index is -0.564. The summed E-state index contributed by atoms with van der Waals surface area (Å²) in [6, 6.07) is 0. The third-order valence-electron chi connectivity index (χ3n) is 3.86. The first kappa shape index (κ1) is 8.53. The van der Waals surface area contributed by atoms with Gasteiger partial charge >= 0.3 is 0 Å². The van der Waals surface area contributed by atoms with Crippen LogP contribution in [0.2, 0.25) is 0 Å². The highest BCUT2D eigenvalue weighted by molar-refractivity contribution is 5.91. The highest BCUT2D eigenvalue weighted by Crippen LogP contribution is 2.60. The summed E-state index contributed by atoms with van der Waals surface area (Å²) in [7, 11) is 0. The first-order valence-corrected chi connectivity index (χ1v) is 4.68. The standard InChI is InChI=1S/C9H14N2O2/c10-7(12)6-2-1-5-3-4-9(5,6)8(11)13/h5-6H,1-4H2,(H2,10,12)(H2,11,13). The average molecular weight is 182 g/mol. The summed E-state index contributed by atoms with van der Waals surface area (Å²) in [5, 5.41) is 0. The van der Waals surface area contributed by atoms with E-state index in [4.69, 9.17) is 11.5 Å². The molecule has 2 fully saturated rings. The fourth-order valence-electron chi connectivity index (χ4n) is 3.04. The van der Waals surface area contributed by atoms with Crippen molar-refractivity contribution >= 4 is 11.8 Å². The SMILES string of the molecule is NC(=O)C1CCC2CCC21C(N)=O. The van der Waals surface area contributed by atoms with Gasteiger partial charge < -0.3 is 11.5 Å². The van der Waals surface area contributed by atoms with E-state index in [1.165, 1.54) is 0 Å². The molecule has 0 aliphatic heterocycles. The van der Waals surface area contributed by atoms with Gasteiger partial charge in [0.15, 0.2) is 0 Å². The maximum absolute atomic E-state index is 11.3. The molecule has 0 aromatic rings. The van der Waals surface area contributed by atoms with Gasteiger partial charge in [-0.05, 0) is 31.6 Å².